The molecule has 2 heterocycles. The van der Waals surface area contributed by atoms with Gasteiger partial charge in [-0.1, -0.05) is 13.8 Å². The van der Waals surface area contributed by atoms with Gasteiger partial charge in [0.05, 0.1) is 6.20 Å². The standard InChI is InChI=1S/C13H20N6/c1-13(2)4-3-9(7-13)16-11-12-15-5-6-19(12)8-10(17-11)18-14/h5-6,8-9,18H,3-4,7,14H2,1-2H3,(H,16,17). The molecule has 4 N–H and O–H groups in total. The topological polar surface area (TPSA) is 80.3 Å². The molecular formula is C13H20N6. The smallest absolute Gasteiger partial charge is 0.180 e. The lowest BCUT2D eigenvalue weighted by molar-refractivity contribution is 0.378. The first-order valence-electron chi connectivity index (χ1n) is 6.64. The van der Waals surface area contributed by atoms with Crippen molar-refractivity contribution in [2.75, 3.05) is 10.7 Å². The van der Waals surface area contributed by atoms with Crippen LogP contribution in [0.25, 0.3) is 5.65 Å². The fourth-order valence-corrected chi connectivity index (χ4v) is 2.85. The van der Waals surface area contributed by atoms with Crippen molar-refractivity contribution in [3.05, 3.63) is 18.6 Å². The zero-order valence-electron chi connectivity index (χ0n) is 11.3. The molecule has 1 aliphatic rings. The van der Waals surface area contributed by atoms with E-state index >= 15 is 0 Å². The Kier molecular flexibility index (Phi) is 2.82. The second-order valence-corrected chi connectivity index (χ2v) is 6.03. The first-order chi connectivity index (χ1) is 9.07. The molecule has 1 fully saturated rings. The molecule has 2 aromatic rings. The SMILES string of the molecule is CC1(C)CCC(Nc2nc(NN)cn3ccnc23)C1. The number of imidazole rings is 1. The average molecular weight is 260 g/mol. The Morgan fingerprint density at radius 1 is 1.47 bits per heavy atom. The van der Waals surface area contributed by atoms with E-state index in [1.165, 1.54) is 12.8 Å². The van der Waals surface area contributed by atoms with Gasteiger partial charge >= 0.3 is 0 Å². The van der Waals surface area contributed by atoms with Crippen molar-refractivity contribution in [1.82, 2.24) is 14.4 Å². The molecule has 0 amide bonds. The Hall–Kier alpha value is -1.82. The van der Waals surface area contributed by atoms with Gasteiger partial charge in [-0.05, 0) is 24.7 Å². The Bertz CT molecular complexity index is 588. The van der Waals surface area contributed by atoms with E-state index in [0.717, 1.165) is 17.9 Å². The van der Waals surface area contributed by atoms with Crippen LogP contribution in [0.1, 0.15) is 33.1 Å². The van der Waals surface area contributed by atoms with Crippen molar-refractivity contribution in [3.8, 4) is 0 Å². The number of anilines is 2. The highest BCUT2D eigenvalue weighted by molar-refractivity contribution is 5.65. The van der Waals surface area contributed by atoms with Crippen LogP contribution in [0.4, 0.5) is 11.6 Å². The van der Waals surface area contributed by atoms with E-state index < -0.39 is 0 Å². The first kappa shape index (κ1) is 12.2. The molecule has 0 saturated heterocycles. The Morgan fingerprint density at radius 3 is 3.00 bits per heavy atom. The average Bonchev–Trinajstić information content (AvgIpc) is 2.95. The lowest BCUT2D eigenvalue weighted by Gasteiger charge is -2.18. The predicted octanol–water partition coefficient (Wildman–Crippen LogP) is 2.01. The number of nitrogens with two attached hydrogens (primary N) is 1. The van der Waals surface area contributed by atoms with Gasteiger partial charge in [0, 0.05) is 18.4 Å². The summed E-state index contributed by atoms with van der Waals surface area (Å²) in [5.41, 5.74) is 3.84. The molecule has 19 heavy (non-hydrogen) atoms. The van der Waals surface area contributed by atoms with E-state index in [0.29, 0.717) is 17.3 Å². The van der Waals surface area contributed by atoms with Gasteiger partial charge in [0.2, 0.25) is 0 Å². The minimum Gasteiger partial charge on any atom is -0.364 e. The molecular weight excluding hydrogens is 240 g/mol. The molecule has 3 rings (SSSR count). The van der Waals surface area contributed by atoms with Crippen LogP contribution < -0.4 is 16.6 Å². The van der Waals surface area contributed by atoms with Gasteiger partial charge in [-0.2, -0.15) is 0 Å². The van der Waals surface area contributed by atoms with Crippen molar-refractivity contribution in [2.45, 2.75) is 39.2 Å². The zero-order chi connectivity index (χ0) is 13.5. The maximum absolute atomic E-state index is 5.46. The van der Waals surface area contributed by atoms with Gasteiger partial charge < -0.3 is 15.1 Å². The molecule has 6 nitrogen and oxygen atoms in total. The van der Waals surface area contributed by atoms with Crippen molar-refractivity contribution in [3.63, 3.8) is 0 Å². The molecule has 0 radical (unpaired) electrons. The number of hydrazine groups is 1. The van der Waals surface area contributed by atoms with Gasteiger partial charge in [0.1, 0.15) is 0 Å². The highest BCUT2D eigenvalue weighted by atomic mass is 15.3. The minimum absolute atomic E-state index is 0.410. The molecule has 0 spiro atoms. The van der Waals surface area contributed by atoms with Crippen LogP contribution in [0.2, 0.25) is 0 Å². The highest BCUT2D eigenvalue weighted by Gasteiger charge is 2.31. The summed E-state index contributed by atoms with van der Waals surface area (Å²) < 4.78 is 1.92. The lowest BCUT2D eigenvalue weighted by Crippen LogP contribution is -2.20. The molecule has 0 bridgehead atoms. The van der Waals surface area contributed by atoms with Crippen molar-refractivity contribution in [2.24, 2.45) is 11.3 Å². The fourth-order valence-electron chi connectivity index (χ4n) is 2.85. The zero-order valence-corrected chi connectivity index (χ0v) is 11.3. The molecule has 1 atom stereocenters. The third kappa shape index (κ3) is 2.35. The van der Waals surface area contributed by atoms with E-state index in [1.54, 1.807) is 6.20 Å². The summed E-state index contributed by atoms with van der Waals surface area (Å²) in [6.45, 7) is 4.62. The second-order valence-electron chi connectivity index (χ2n) is 6.03. The third-order valence-corrected chi connectivity index (χ3v) is 3.83. The summed E-state index contributed by atoms with van der Waals surface area (Å²) in [6.07, 6.45) is 9.04. The number of rotatable bonds is 3. The van der Waals surface area contributed by atoms with Gasteiger partial charge in [0.15, 0.2) is 17.3 Å². The van der Waals surface area contributed by atoms with Crippen molar-refractivity contribution >= 4 is 17.3 Å². The Labute approximate surface area is 112 Å². The summed E-state index contributed by atoms with van der Waals surface area (Å²) in [6, 6.07) is 0.455. The minimum atomic E-state index is 0.410. The van der Waals surface area contributed by atoms with Crippen molar-refractivity contribution in [1.29, 1.82) is 0 Å². The van der Waals surface area contributed by atoms with E-state index in [9.17, 15) is 0 Å². The molecule has 1 aliphatic carbocycles. The Balaban J connectivity index is 1.89. The summed E-state index contributed by atoms with van der Waals surface area (Å²) in [5.74, 6) is 6.88. The fraction of sp³-hybridized carbons (Fsp3) is 0.538. The maximum atomic E-state index is 5.46. The molecule has 2 aromatic heterocycles. The Morgan fingerprint density at radius 2 is 2.32 bits per heavy atom. The highest BCUT2D eigenvalue weighted by Crippen LogP contribution is 2.38. The number of nitrogens with zero attached hydrogens (tertiary/aromatic N) is 3. The van der Waals surface area contributed by atoms with Crippen LogP contribution in [0.3, 0.4) is 0 Å². The van der Waals surface area contributed by atoms with Crippen molar-refractivity contribution < 1.29 is 0 Å². The van der Waals surface area contributed by atoms with Gasteiger partial charge in [-0.3, -0.25) is 0 Å². The summed E-state index contributed by atoms with van der Waals surface area (Å²) in [4.78, 5) is 8.81. The number of hydrogen-bond donors (Lipinski definition) is 3. The number of fused-ring (bicyclic) bond motifs is 1. The molecule has 1 saturated carbocycles. The largest absolute Gasteiger partial charge is 0.364 e. The molecule has 1 unspecified atom stereocenters. The van der Waals surface area contributed by atoms with Crippen LogP contribution in [0.15, 0.2) is 18.6 Å². The molecule has 0 aromatic carbocycles. The third-order valence-electron chi connectivity index (χ3n) is 3.83. The van der Waals surface area contributed by atoms with E-state index in [4.69, 9.17) is 5.84 Å². The maximum Gasteiger partial charge on any atom is 0.180 e. The molecule has 102 valence electrons. The van der Waals surface area contributed by atoms with E-state index in [1.807, 2.05) is 16.8 Å². The summed E-state index contributed by atoms with van der Waals surface area (Å²) in [7, 11) is 0. The van der Waals surface area contributed by atoms with E-state index in [2.05, 4.69) is 34.6 Å². The van der Waals surface area contributed by atoms with E-state index in [-0.39, 0.29) is 0 Å². The van der Waals surface area contributed by atoms with Gasteiger partial charge in [-0.25, -0.2) is 15.8 Å². The normalized spacial score (nSPS) is 21.7. The number of hydrogen-bond acceptors (Lipinski definition) is 5. The van der Waals surface area contributed by atoms with Crippen LogP contribution in [-0.4, -0.2) is 20.4 Å². The number of nitrogen functional groups attached to an aromatic ring is 1. The number of aromatic nitrogens is 3. The van der Waals surface area contributed by atoms with Gasteiger partial charge in [0.25, 0.3) is 0 Å². The van der Waals surface area contributed by atoms with Crippen LogP contribution in [0.5, 0.6) is 0 Å². The van der Waals surface area contributed by atoms with Crippen LogP contribution in [0, 0.1) is 5.41 Å². The first-order valence-corrected chi connectivity index (χ1v) is 6.64. The van der Waals surface area contributed by atoms with Crippen LogP contribution >= 0.6 is 0 Å². The molecule has 0 aliphatic heterocycles. The quantitative estimate of drug-likeness (QED) is 0.581. The lowest BCUT2D eigenvalue weighted by atomic mass is 9.92. The van der Waals surface area contributed by atoms with Gasteiger partial charge in [-0.15, -0.1) is 0 Å². The predicted molar refractivity (Wildman–Crippen MR) is 75.8 cm³/mol. The molecule has 6 heteroatoms. The van der Waals surface area contributed by atoms with Crippen LogP contribution in [-0.2, 0) is 0 Å². The number of nitrogens with one attached hydrogen (secondary N) is 2. The monoisotopic (exact) mass is 260 g/mol. The second kappa shape index (κ2) is 4.38. The summed E-state index contributed by atoms with van der Waals surface area (Å²) in [5, 5.41) is 3.51. The summed E-state index contributed by atoms with van der Waals surface area (Å²) >= 11 is 0.